The van der Waals surface area contributed by atoms with Crippen molar-refractivity contribution in [3.63, 3.8) is 0 Å². The van der Waals surface area contributed by atoms with Gasteiger partial charge in [-0.25, -0.2) is 14.8 Å². The molecule has 3 aromatic heterocycles. The summed E-state index contributed by atoms with van der Waals surface area (Å²) in [5.41, 5.74) is 1.19. The molecule has 2 aliphatic heterocycles. The van der Waals surface area contributed by atoms with E-state index >= 15 is 0 Å². The number of para-hydroxylation sites is 2. The summed E-state index contributed by atoms with van der Waals surface area (Å²) in [6.45, 7) is 1.34. The van der Waals surface area contributed by atoms with Crippen LogP contribution in [0.15, 0.2) is 65.8 Å². The third kappa shape index (κ3) is 4.73. The fourth-order valence-corrected chi connectivity index (χ4v) is 6.32. The predicted molar refractivity (Wildman–Crippen MR) is 154 cm³/mol. The molecule has 2 aromatic carbocycles. The first kappa shape index (κ1) is 27.2. The molecule has 7 rings (SSSR count). The number of aliphatic hydroxyl groups is 1. The molecule has 2 saturated heterocycles. The van der Waals surface area contributed by atoms with Gasteiger partial charge < -0.3 is 24.5 Å². The number of β-amino-alcohol motifs (C(OH)–C–C–N with tert-alkyl or cyclic N) is 1. The van der Waals surface area contributed by atoms with E-state index in [4.69, 9.17) is 0 Å². The molecule has 13 heteroatoms. The van der Waals surface area contributed by atoms with Gasteiger partial charge in [0.05, 0.1) is 28.1 Å². The Morgan fingerprint density at radius 3 is 2.47 bits per heavy atom. The van der Waals surface area contributed by atoms with Crippen LogP contribution < -0.4 is 10.6 Å². The Bertz CT molecular complexity index is 1900. The predicted octanol–water partition coefficient (Wildman–Crippen LogP) is 3.80. The number of hydrogen-bond acceptors (Lipinski definition) is 6. The fourth-order valence-electron chi connectivity index (χ4n) is 6.32. The summed E-state index contributed by atoms with van der Waals surface area (Å²) in [4.78, 5) is 41.4. The van der Waals surface area contributed by atoms with E-state index in [9.17, 15) is 27.9 Å². The van der Waals surface area contributed by atoms with Crippen molar-refractivity contribution in [2.75, 3.05) is 31.1 Å². The van der Waals surface area contributed by atoms with Gasteiger partial charge >= 0.3 is 11.9 Å². The van der Waals surface area contributed by atoms with Crippen LogP contribution in [0.25, 0.3) is 33.2 Å². The number of aromatic amines is 1. The minimum absolute atomic E-state index is 0.0340. The number of hydrogen-bond donors (Lipinski definition) is 2. The van der Waals surface area contributed by atoms with E-state index < -0.39 is 17.8 Å². The summed E-state index contributed by atoms with van der Waals surface area (Å²) in [6, 6.07) is 12.8. The molecule has 0 spiro atoms. The lowest BCUT2D eigenvalue weighted by atomic mass is 9.99. The van der Waals surface area contributed by atoms with Gasteiger partial charge in [0.15, 0.2) is 0 Å². The molecular formula is C30H28F3N7O3. The van der Waals surface area contributed by atoms with Gasteiger partial charge in [0.2, 0.25) is 5.91 Å². The molecule has 0 bridgehead atoms. The van der Waals surface area contributed by atoms with Gasteiger partial charge in [-0.15, -0.1) is 0 Å². The number of nitrogens with zero attached hydrogens (tertiary/aromatic N) is 6. The van der Waals surface area contributed by atoms with E-state index in [1.54, 1.807) is 31.2 Å². The number of fused-ring (bicyclic) bond motifs is 2. The van der Waals surface area contributed by atoms with E-state index in [1.807, 2.05) is 24.3 Å². The van der Waals surface area contributed by atoms with E-state index in [0.29, 0.717) is 55.9 Å². The molecule has 0 aliphatic carbocycles. The van der Waals surface area contributed by atoms with Crippen LogP contribution in [0.4, 0.5) is 19.0 Å². The summed E-state index contributed by atoms with van der Waals surface area (Å²) in [5, 5.41) is 10.3. The molecule has 5 heterocycles. The van der Waals surface area contributed by atoms with Crippen LogP contribution in [0.1, 0.15) is 24.4 Å². The number of anilines is 1. The molecule has 0 radical (unpaired) electrons. The van der Waals surface area contributed by atoms with Gasteiger partial charge in [-0.05, 0) is 36.6 Å². The number of nitrogens with one attached hydrogen (secondary N) is 1. The Labute approximate surface area is 243 Å². The van der Waals surface area contributed by atoms with Crippen molar-refractivity contribution >= 4 is 33.8 Å². The second kappa shape index (κ2) is 10.3. The molecule has 0 saturated carbocycles. The van der Waals surface area contributed by atoms with Gasteiger partial charge in [-0.2, -0.15) is 13.2 Å². The quantitative estimate of drug-likeness (QED) is 0.322. The molecule has 0 unspecified atom stereocenters. The second-order valence-electron chi connectivity index (χ2n) is 11.1. The van der Waals surface area contributed by atoms with Gasteiger partial charge in [0, 0.05) is 44.0 Å². The van der Waals surface area contributed by atoms with E-state index in [2.05, 4.69) is 15.0 Å². The molecule has 2 fully saturated rings. The first-order chi connectivity index (χ1) is 20.7. The first-order valence-electron chi connectivity index (χ1n) is 14.1. The number of halogens is 3. The number of aromatic nitrogens is 5. The highest BCUT2D eigenvalue weighted by molar-refractivity contribution is 6.03. The molecular weight excluding hydrogens is 563 g/mol. The molecule has 10 nitrogen and oxygen atoms in total. The number of carbonyl (C=O) groups excluding carboxylic acids is 1. The summed E-state index contributed by atoms with van der Waals surface area (Å²) in [5.74, 6) is 0.218. The molecule has 222 valence electrons. The maximum atomic E-state index is 14.1. The molecule has 43 heavy (non-hydrogen) atoms. The average Bonchev–Trinajstić information content (AvgIpc) is 3.52. The van der Waals surface area contributed by atoms with Crippen molar-refractivity contribution in [1.82, 2.24) is 29.0 Å². The Balaban J connectivity index is 1.19. The minimum atomic E-state index is -4.60. The fraction of sp³-hybridized carbons (Fsp3) is 0.333. The Morgan fingerprint density at radius 1 is 1.00 bits per heavy atom. The van der Waals surface area contributed by atoms with Crippen LogP contribution in [0, 0.1) is 0 Å². The lowest BCUT2D eigenvalue weighted by molar-refractivity contribution is -0.137. The van der Waals surface area contributed by atoms with Gasteiger partial charge in [-0.1, -0.05) is 30.3 Å². The van der Waals surface area contributed by atoms with E-state index in [-0.39, 0.29) is 35.3 Å². The van der Waals surface area contributed by atoms with Crippen molar-refractivity contribution in [1.29, 1.82) is 0 Å². The highest BCUT2D eigenvalue weighted by atomic mass is 19.4. The van der Waals surface area contributed by atoms with Crippen molar-refractivity contribution in [2.24, 2.45) is 0 Å². The summed E-state index contributed by atoms with van der Waals surface area (Å²) < 4.78 is 45.5. The topological polar surface area (TPSA) is 112 Å². The molecule has 1 amide bonds. The van der Waals surface area contributed by atoms with Crippen LogP contribution >= 0.6 is 0 Å². The number of alkyl halides is 3. The third-order valence-corrected chi connectivity index (χ3v) is 8.43. The SMILES string of the molecule is O=C(Cn1cc(-c2ccccc2C(F)(F)F)c2c(N3CC(O)C3)ncnc21)N1CCC(n2c(=O)[nH]c3ccccc32)CC1. The maximum Gasteiger partial charge on any atom is 0.417 e. The van der Waals surface area contributed by atoms with Crippen molar-refractivity contribution < 1.29 is 23.1 Å². The Kier molecular flexibility index (Phi) is 6.49. The average molecular weight is 592 g/mol. The number of rotatable bonds is 5. The number of aliphatic hydroxyl groups excluding tert-OH is 1. The Hall–Kier alpha value is -4.65. The zero-order valence-corrected chi connectivity index (χ0v) is 23.0. The number of amides is 1. The Morgan fingerprint density at radius 2 is 1.72 bits per heavy atom. The largest absolute Gasteiger partial charge is 0.417 e. The maximum absolute atomic E-state index is 14.1. The van der Waals surface area contributed by atoms with Gasteiger partial charge in [0.25, 0.3) is 0 Å². The minimum Gasteiger partial charge on any atom is -0.389 e. The van der Waals surface area contributed by atoms with Crippen molar-refractivity contribution in [3.8, 4) is 11.1 Å². The van der Waals surface area contributed by atoms with Crippen LogP contribution in [0.3, 0.4) is 0 Å². The van der Waals surface area contributed by atoms with Crippen LogP contribution in [-0.4, -0.2) is 72.3 Å². The summed E-state index contributed by atoms with van der Waals surface area (Å²) >= 11 is 0. The molecule has 5 aromatic rings. The second-order valence-corrected chi connectivity index (χ2v) is 11.1. The first-order valence-corrected chi connectivity index (χ1v) is 14.1. The third-order valence-electron chi connectivity index (χ3n) is 8.43. The zero-order valence-electron chi connectivity index (χ0n) is 23.0. The lowest BCUT2D eigenvalue weighted by Gasteiger charge is -2.37. The smallest absolute Gasteiger partial charge is 0.389 e. The lowest BCUT2D eigenvalue weighted by Crippen LogP contribution is -2.51. The highest BCUT2D eigenvalue weighted by Gasteiger charge is 2.36. The van der Waals surface area contributed by atoms with E-state index in [1.165, 1.54) is 18.5 Å². The van der Waals surface area contributed by atoms with E-state index in [0.717, 1.165) is 17.1 Å². The van der Waals surface area contributed by atoms with Gasteiger partial charge in [-0.3, -0.25) is 9.36 Å². The number of piperidine rings is 1. The van der Waals surface area contributed by atoms with Crippen LogP contribution in [-0.2, 0) is 17.5 Å². The molecule has 0 atom stereocenters. The normalized spacial score (nSPS) is 16.7. The number of benzene rings is 2. The monoisotopic (exact) mass is 591 g/mol. The summed E-state index contributed by atoms with van der Waals surface area (Å²) in [6.07, 6.45) is -1.10. The van der Waals surface area contributed by atoms with Gasteiger partial charge in [0.1, 0.15) is 24.3 Å². The number of imidazole rings is 1. The molecule has 2 aliphatic rings. The van der Waals surface area contributed by atoms with Crippen LogP contribution in [0.2, 0.25) is 0 Å². The van der Waals surface area contributed by atoms with Crippen molar-refractivity contribution in [2.45, 2.75) is 37.7 Å². The highest BCUT2D eigenvalue weighted by Crippen LogP contribution is 2.42. The van der Waals surface area contributed by atoms with Crippen LogP contribution in [0.5, 0.6) is 0 Å². The van der Waals surface area contributed by atoms with Crippen molar-refractivity contribution in [3.05, 3.63) is 77.1 Å². The number of H-pyrrole nitrogens is 1. The molecule has 2 N–H and O–H groups in total. The standard InChI is InChI=1S/C30H28F3N7O3/c31-30(32,33)22-6-2-1-5-20(22)21-15-39(28-26(21)27(34-17-35-28)38-13-19(41)14-38)16-25(42)37-11-9-18(10-12-37)40-24-8-4-3-7-23(24)36-29(40)43/h1-8,15,17-19,41H,9-14,16H2,(H,36,43). The zero-order chi connectivity index (χ0) is 29.9. The number of carbonyl (C=O) groups is 1. The summed E-state index contributed by atoms with van der Waals surface area (Å²) in [7, 11) is 0. The number of likely N-dealkylation sites (tertiary alicyclic amines) is 1.